The Morgan fingerprint density at radius 2 is 2.20 bits per heavy atom. The van der Waals surface area contributed by atoms with Crippen molar-refractivity contribution < 1.29 is 9.84 Å². The molecule has 0 aliphatic carbocycles. The molecule has 0 spiro atoms. The SMILES string of the molecule is COCC(C)C(O)CCN. The zero-order valence-electron chi connectivity index (χ0n) is 6.71. The van der Waals surface area contributed by atoms with E-state index in [2.05, 4.69) is 0 Å². The summed E-state index contributed by atoms with van der Waals surface area (Å²) in [6, 6.07) is 0. The highest BCUT2D eigenvalue weighted by molar-refractivity contribution is 4.63. The summed E-state index contributed by atoms with van der Waals surface area (Å²) in [6.45, 7) is 3.08. The van der Waals surface area contributed by atoms with Gasteiger partial charge in [-0.3, -0.25) is 0 Å². The van der Waals surface area contributed by atoms with Crippen LogP contribution in [0.2, 0.25) is 0 Å². The lowest BCUT2D eigenvalue weighted by molar-refractivity contribution is 0.0535. The first-order valence-electron chi connectivity index (χ1n) is 3.59. The Bertz CT molecular complexity index is 68.0. The van der Waals surface area contributed by atoms with E-state index in [1.807, 2.05) is 6.92 Å². The van der Waals surface area contributed by atoms with Crippen molar-refractivity contribution >= 4 is 0 Å². The Morgan fingerprint density at radius 3 is 2.60 bits per heavy atom. The first kappa shape index (κ1) is 9.88. The van der Waals surface area contributed by atoms with Crippen LogP contribution in [0.1, 0.15) is 13.3 Å². The van der Waals surface area contributed by atoms with Gasteiger partial charge < -0.3 is 15.6 Å². The molecule has 0 bridgehead atoms. The van der Waals surface area contributed by atoms with E-state index < -0.39 is 0 Å². The van der Waals surface area contributed by atoms with Crippen molar-refractivity contribution in [2.24, 2.45) is 11.7 Å². The molecule has 10 heavy (non-hydrogen) atoms. The van der Waals surface area contributed by atoms with Crippen molar-refractivity contribution in [3.8, 4) is 0 Å². The second kappa shape index (κ2) is 5.65. The number of ether oxygens (including phenoxy) is 1. The minimum Gasteiger partial charge on any atom is -0.393 e. The predicted octanol–water partition coefficient (Wildman–Crippen LogP) is -0.0214. The summed E-state index contributed by atoms with van der Waals surface area (Å²) >= 11 is 0. The van der Waals surface area contributed by atoms with Crippen LogP contribution in [-0.4, -0.2) is 31.5 Å². The van der Waals surface area contributed by atoms with Crippen molar-refractivity contribution in [3.05, 3.63) is 0 Å². The van der Waals surface area contributed by atoms with Crippen LogP contribution in [-0.2, 0) is 4.74 Å². The summed E-state index contributed by atoms with van der Waals surface area (Å²) in [5, 5.41) is 9.29. The molecule has 0 aromatic rings. The maximum Gasteiger partial charge on any atom is 0.0599 e. The van der Waals surface area contributed by atoms with Crippen molar-refractivity contribution in [3.63, 3.8) is 0 Å². The zero-order valence-corrected chi connectivity index (χ0v) is 6.71. The third kappa shape index (κ3) is 3.82. The van der Waals surface area contributed by atoms with Crippen molar-refractivity contribution in [1.29, 1.82) is 0 Å². The molecule has 0 aromatic carbocycles. The summed E-state index contributed by atoms with van der Waals surface area (Å²) in [4.78, 5) is 0. The molecule has 0 saturated heterocycles. The Kier molecular flexibility index (Phi) is 5.58. The average molecular weight is 147 g/mol. The molecule has 62 valence electrons. The molecule has 3 heteroatoms. The summed E-state index contributed by atoms with van der Waals surface area (Å²) in [5.74, 6) is 0.188. The number of hydrogen-bond acceptors (Lipinski definition) is 3. The van der Waals surface area contributed by atoms with Crippen LogP contribution in [0.5, 0.6) is 0 Å². The zero-order chi connectivity index (χ0) is 7.98. The smallest absolute Gasteiger partial charge is 0.0599 e. The van der Waals surface area contributed by atoms with E-state index >= 15 is 0 Å². The quantitative estimate of drug-likeness (QED) is 0.574. The van der Waals surface area contributed by atoms with Crippen LogP contribution >= 0.6 is 0 Å². The maximum atomic E-state index is 9.29. The van der Waals surface area contributed by atoms with E-state index in [1.54, 1.807) is 7.11 Å². The minimum absolute atomic E-state index is 0.188. The van der Waals surface area contributed by atoms with Crippen molar-refractivity contribution in [2.45, 2.75) is 19.4 Å². The van der Waals surface area contributed by atoms with Gasteiger partial charge in [0.1, 0.15) is 0 Å². The summed E-state index contributed by atoms with van der Waals surface area (Å²) in [6.07, 6.45) is 0.342. The van der Waals surface area contributed by atoms with Crippen molar-refractivity contribution in [2.75, 3.05) is 20.3 Å². The van der Waals surface area contributed by atoms with E-state index in [9.17, 15) is 5.11 Å². The van der Waals surface area contributed by atoms with E-state index in [4.69, 9.17) is 10.5 Å². The van der Waals surface area contributed by atoms with E-state index in [0.29, 0.717) is 19.6 Å². The molecule has 0 rings (SSSR count). The van der Waals surface area contributed by atoms with Gasteiger partial charge in [-0.05, 0) is 13.0 Å². The van der Waals surface area contributed by atoms with E-state index in [-0.39, 0.29) is 12.0 Å². The Labute approximate surface area is 62.2 Å². The fourth-order valence-electron chi connectivity index (χ4n) is 0.829. The fourth-order valence-corrected chi connectivity index (χ4v) is 0.829. The van der Waals surface area contributed by atoms with Crippen LogP contribution in [0.3, 0.4) is 0 Å². The Morgan fingerprint density at radius 1 is 1.60 bits per heavy atom. The molecule has 3 N–H and O–H groups in total. The largest absolute Gasteiger partial charge is 0.393 e. The molecular weight excluding hydrogens is 130 g/mol. The summed E-state index contributed by atoms with van der Waals surface area (Å²) in [7, 11) is 1.63. The lowest BCUT2D eigenvalue weighted by atomic mass is 10.0. The summed E-state index contributed by atoms with van der Waals surface area (Å²) in [5.41, 5.74) is 5.26. The fraction of sp³-hybridized carbons (Fsp3) is 1.00. The lowest BCUT2D eigenvalue weighted by Gasteiger charge is -2.16. The summed E-state index contributed by atoms with van der Waals surface area (Å²) < 4.78 is 4.87. The van der Waals surface area contributed by atoms with Gasteiger partial charge in [-0.25, -0.2) is 0 Å². The third-order valence-corrected chi connectivity index (χ3v) is 1.55. The van der Waals surface area contributed by atoms with E-state index in [1.165, 1.54) is 0 Å². The minimum atomic E-state index is -0.315. The number of aliphatic hydroxyl groups excluding tert-OH is 1. The first-order chi connectivity index (χ1) is 4.72. The van der Waals surface area contributed by atoms with E-state index in [0.717, 1.165) is 0 Å². The molecule has 0 aliphatic heterocycles. The van der Waals surface area contributed by atoms with Gasteiger partial charge in [0, 0.05) is 13.0 Å². The number of nitrogens with two attached hydrogens (primary N) is 1. The third-order valence-electron chi connectivity index (χ3n) is 1.55. The molecule has 2 atom stereocenters. The number of hydrogen-bond donors (Lipinski definition) is 2. The second-order valence-electron chi connectivity index (χ2n) is 2.58. The predicted molar refractivity (Wildman–Crippen MR) is 40.7 cm³/mol. The molecular formula is C7H17NO2. The van der Waals surface area contributed by atoms with Crippen LogP contribution in [0.4, 0.5) is 0 Å². The number of rotatable bonds is 5. The number of aliphatic hydroxyl groups is 1. The average Bonchev–Trinajstić information content (AvgIpc) is 1.89. The normalized spacial score (nSPS) is 16.8. The molecule has 0 aromatic heterocycles. The first-order valence-corrected chi connectivity index (χ1v) is 3.59. The van der Waals surface area contributed by atoms with Gasteiger partial charge in [0.05, 0.1) is 12.7 Å². The molecule has 0 amide bonds. The van der Waals surface area contributed by atoms with Gasteiger partial charge >= 0.3 is 0 Å². The topological polar surface area (TPSA) is 55.5 Å². The molecule has 0 saturated carbocycles. The molecule has 2 unspecified atom stereocenters. The van der Waals surface area contributed by atoms with Crippen LogP contribution < -0.4 is 5.73 Å². The van der Waals surface area contributed by atoms with Crippen molar-refractivity contribution in [1.82, 2.24) is 0 Å². The highest BCUT2D eigenvalue weighted by Gasteiger charge is 2.11. The highest BCUT2D eigenvalue weighted by Crippen LogP contribution is 2.05. The highest BCUT2D eigenvalue weighted by atomic mass is 16.5. The number of methoxy groups -OCH3 is 1. The van der Waals surface area contributed by atoms with Gasteiger partial charge in [0.2, 0.25) is 0 Å². The van der Waals surface area contributed by atoms with Crippen LogP contribution in [0.15, 0.2) is 0 Å². The van der Waals surface area contributed by atoms with Gasteiger partial charge in [-0.1, -0.05) is 6.92 Å². The van der Waals surface area contributed by atoms with Gasteiger partial charge in [-0.2, -0.15) is 0 Å². The second-order valence-corrected chi connectivity index (χ2v) is 2.58. The van der Waals surface area contributed by atoms with Gasteiger partial charge in [0.25, 0.3) is 0 Å². The Hall–Kier alpha value is -0.120. The Balaban J connectivity index is 3.38. The standard InChI is InChI=1S/C7H17NO2/c1-6(5-10-2)7(9)3-4-8/h6-7,9H,3-5,8H2,1-2H3. The monoisotopic (exact) mass is 147 g/mol. The molecule has 3 nitrogen and oxygen atoms in total. The maximum absolute atomic E-state index is 9.29. The molecule has 0 fully saturated rings. The van der Waals surface area contributed by atoms with Gasteiger partial charge in [0.15, 0.2) is 0 Å². The van der Waals surface area contributed by atoms with Crippen LogP contribution in [0, 0.1) is 5.92 Å². The molecule has 0 heterocycles. The van der Waals surface area contributed by atoms with Gasteiger partial charge in [-0.15, -0.1) is 0 Å². The van der Waals surface area contributed by atoms with Crippen LogP contribution in [0.25, 0.3) is 0 Å². The molecule has 0 aliphatic rings. The molecule has 0 radical (unpaired) electrons. The lowest BCUT2D eigenvalue weighted by Crippen LogP contribution is -2.24.